The number of anilines is 1. The number of hydrogen-bond acceptors (Lipinski definition) is 4. The maximum absolute atomic E-state index is 11.7. The molecule has 100 valence electrons. The average Bonchev–Trinajstić information content (AvgIpc) is 2.42. The first kappa shape index (κ1) is 14.8. The Balaban J connectivity index is 2.23. The number of aromatic nitrogens is 1. The molecule has 0 aliphatic heterocycles. The van der Waals surface area contributed by atoms with Crippen LogP contribution in [0.15, 0.2) is 18.3 Å². The second-order valence-corrected chi connectivity index (χ2v) is 4.98. The first-order valence-electron chi connectivity index (χ1n) is 6.19. The molecule has 0 radical (unpaired) electrons. The van der Waals surface area contributed by atoms with Gasteiger partial charge in [-0.2, -0.15) is 11.8 Å². The van der Waals surface area contributed by atoms with E-state index >= 15 is 0 Å². The monoisotopic (exact) mass is 267 g/mol. The van der Waals surface area contributed by atoms with Gasteiger partial charge in [-0.1, -0.05) is 6.42 Å². The minimum absolute atomic E-state index is 0.0949. The normalized spacial score (nSPS) is 10.1. The number of thioether (sulfide) groups is 1. The van der Waals surface area contributed by atoms with Crippen molar-refractivity contribution in [2.45, 2.75) is 19.3 Å². The Bertz CT molecular complexity index is 354. The van der Waals surface area contributed by atoms with Gasteiger partial charge in [0.25, 0.3) is 5.91 Å². The summed E-state index contributed by atoms with van der Waals surface area (Å²) in [6, 6.07) is 3.58. The third-order valence-electron chi connectivity index (χ3n) is 2.60. The topological polar surface area (TPSA) is 54.0 Å². The van der Waals surface area contributed by atoms with Crippen LogP contribution in [0.1, 0.15) is 29.8 Å². The Kier molecular flexibility index (Phi) is 7.25. The lowest BCUT2D eigenvalue weighted by molar-refractivity contribution is 0.0948. The summed E-state index contributed by atoms with van der Waals surface area (Å²) in [7, 11) is 1.82. The molecular formula is C13H21N3OS. The van der Waals surface area contributed by atoms with Crippen LogP contribution in [0.5, 0.6) is 0 Å². The highest BCUT2D eigenvalue weighted by molar-refractivity contribution is 7.98. The molecule has 0 aliphatic carbocycles. The zero-order valence-corrected chi connectivity index (χ0v) is 11.8. The molecule has 1 rings (SSSR count). The predicted octanol–water partition coefficient (Wildman–Crippen LogP) is 2.39. The zero-order valence-electron chi connectivity index (χ0n) is 11.0. The van der Waals surface area contributed by atoms with Gasteiger partial charge in [0, 0.05) is 13.6 Å². The van der Waals surface area contributed by atoms with E-state index in [1.807, 2.05) is 24.9 Å². The van der Waals surface area contributed by atoms with E-state index in [1.54, 1.807) is 12.3 Å². The first-order chi connectivity index (χ1) is 8.77. The largest absolute Gasteiger partial charge is 0.387 e. The summed E-state index contributed by atoms with van der Waals surface area (Å²) in [4.78, 5) is 15.8. The molecule has 0 bridgehead atoms. The van der Waals surface area contributed by atoms with E-state index in [4.69, 9.17) is 0 Å². The van der Waals surface area contributed by atoms with E-state index in [0.29, 0.717) is 5.69 Å². The van der Waals surface area contributed by atoms with Gasteiger partial charge in [0.1, 0.15) is 5.69 Å². The number of unbranched alkanes of at least 4 members (excludes halogenated alkanes) is 2. The Morgan fingerprint density at radius 2 is 2.17 bits per heavy atom. The second-order valence-electron chi connectivity index (χ2n) is 3.99. The molecule has 18 heavy (non-hydrogen) atoms. The number of hydrogen-bond donors (Lipinski definition) is 2. The van der Waals surface area contributed by atoms with Crippen LogP contribution >= 0.6 is 11.8 Å². The van der Waals surface area contributed by atoms with Gasteiger partial charge in [-0.25, -0.2) is 4.98 Å². The number of amides is 1. The lowest BCUT2D eigenvalue weighted by atomic mass is 10.2. The zero-order chi connectivity index (χ0) is 13.2. The van der Waals surface area contributed by atoms with Crippen molar-refractivity contribution < 1.29 is 4.79 Å². The van der Waals surface area contributed by atoms with Gasteiger partial charge in [0.05, 0.1) is 11.9 Å². The number of nitrogens with one attached hydrogen (secondary N) is 2. The van der Waals surface area contributed by atoms with Crippen LogP contribution in [0, 0.1) is 0 Å². The third-order valence-corrected chi connectivity index (χ3v) is 3.29. The maximum atomic E-state index is 11.7. The summed E-state index contributed by atoms with van der Waals surface area (Å²) in [6.07, 6.45) is 7.18. The van der Waals surface area contributed by atoms with Gasteiger partial charge >= 0.3 is 0 Å². The van der Waals surface area contributed by atoms with E-state index in [1.165, 1.54) is 12.2 Å². The molecule has 5 heteroatoms. The smallest absolute Gasteiger partial charge is 0.269 e. The summed E-state index contributed by atoms with van der Waals surface area (Å²) in [5.41, 5.74) is 1.38. The number of nitrogens with zero attached hydrogens (tertiary/aromatic N) is 1. The van der Waals surface area contributed by atoms with Gasteiger partial charge in [0.2, 0.25) is 0 Å². The summed E-state index contributed by atoms with van der Waals surface area (Å²) in [5, 5.41) is 5.85. The average molecular weight is 267 g/mol. The molecule has 1 amide bonds. The van der Waals surface area contributed by atoms with E-state index in [9.17, 15) is 4.79 Å². The summed E-state index contributed by atoms with van der Waals surface area (Å²) in [5.74, 6) is 1.10. The molecule has 0 spiro atoms. The van der Waals surface area contributed by atoms with Crippen molar-refractivity contribution in [3.05, 3.63) is 24.0 Å². The third kappa shape index (κ3) is 5.40. The molecule has 0 unspecified atom stereocenters. The second kappa shape index (κ2) is 8.80. The van der Waals surface area contributed by atoms with Crippen LogP contribution in [0.3, 0.4) is 0 Å². The van der Waals surface area contributed by atoms with Gasteiger partial charge in [-0.3, -0.25) is 4.79 Å². The molecule has 1 aromatic rings. The lowest BCUT2D eigenvalue weighted by Gasteiger charge is -2.05. The minimum atomic E-state index is -0.0949. The standard InChI is InChI=1S/C13H21N3OS/c1-14-11-6-7-12(16-10-11)13(17)15-8-4-3-5-9-18-2/h6-7,10,14H,3-5,8-9H2,1-2H3,(H,15,17). The number of rotatable bonds is 8. The summed E-state index contributed by atoms with van der Waals surface area (Å²) in [6.45, 7) is 0.725. The van der Waals surface area contributed by atoms with Crippen molar-refractivity contribution in [1.29, 1.82) is 0 Å². The molecule has 0 aliphatic rings. The van der Waals surface area contributed by atoms with Crippen LogP contribution in [-0.2, 0) is 0 Å². The van der Waals surface area contributed by atoms with Crippen LogP contribution < -0.4 is 10.6 Å². The highest BCUT2D eigenvalue weighted by atomic mass is 32.2. The van der Waals surface area contributed by atoms with E-state index in [2.05, 4.69) is 21.9 Å². The SMILES string of the molecule is CNc1ccc(C(=O)NCCCCCSC)nc1. The van der Waals surface area contributed by atoms with Crippen LogP contribution in [-0.4, -0.2) is 36.5 Å². The lowest BCUT2D eigenvalue weighted by Crippen LogP contribution is -2.25. The fraction of sp³-hybridized carbons (Fsp3) is 0.538. The Hall–Kier alpha value is -1.23. The fourth-order valence-electron chi connectivity index (χ4n) is 1.52. The van der Waals surface area contributed by atoms with Crippen molar-refractivity contribution in [2.75, 3.05) is 30.9 Å². The van der Waals surface area contributed by atoms with Crippen molar-refractivity contribution in [2.24, 2.45) is 0 Å². The van der Waals surface area contributed by atoms with Crippen molar-refractivity contribution in [1.82, 2.24) is 10.3 Å². The molecule has 0 atom stereocenters. The highest BCUT2D eigenvalue weighted by Gasteiger charge is 2.05. The molecule has 1 aromatic heterocycles. The van der Waals surface area contributed by atoms with E-state index in [-0.39, 0.29) is 5.91 Å². The number of carbonyl (C=O) groups is 1. The van der Waals surface area contributed by atoms with Crippen molar-refractivity contribution >= 4 is 23.4 Å². The minimum Gasteiger partial charge on any atom is -0.387 e. The molecule has 0 saturated heterocycles. The molecule has 1 heterocycles. The fourth-order valence-corrected chi connectivity index (χ4v) is 2.01. The molecule has 0 fully saturated rings. The molecule has 0 saturated carbocycles. The first-order valence-corrected chi connectivity index (χ1v) is 7.58. The molecular weight excluding hydrogens is 246 g/mol. The molecule has 4 nitrogen and oxygen atoms in total. The quantitative estimate of drug-likeness (QED) is 0.710. The van der Waals surface area contributed by atoms with E-state index < -0.39 is 0 Å². The van der Waals surface area contributed by atoms with Gasteiger partial charge in [-0.05, 0) is 37.0 Å². The Morgan fingerprint density at radius 1 is 1.33 bits per heavy atom. The van der Waals surface area contributed by atoms with Crippen LogP contribution in [0.4, 0.5) is 5.69 Å². The maximum Gasteiger partial charge on any atom is 0.269 e. The Labute approximate surface area is 113 Å². The highest BCUT2D eigenvalue weighted by Crippen LogP contribution is 2.05. The molecule has 2 N–H and O–H groups in total. The van der Waals surface area contributed by atoms with Crippen LogP contribution in [0.25, 0.3) is 0 Å². The Morgan fingerprint density at radius 3 is 2.78 bits per heavy atom. The van der Waals surface area contributed by atoms with Crippen molar-refractivity contribution in [3.8, 4) is 0 Å². The van der Waals surface area contributed by atoms with Gasteiger partial charge in [-0.15, -0.1) is 0 Å². The molecule has 0 aromatic carbocycles. The predicted molar refractivity (Wildman–Crippen MR) is 78.3 cm³/mol. The van der Waals surface area contributed by atoms with Gasteiger partial charge < -0.3 is 10.6 Å². The number of pyridine rings is 1. The van der Waals surface area contributed by atoms with Gasteiger partial charge in [0.15, 0.2) is 0 Å². The van der Waals surface area contributed by atoms with E-state index in [0.717, 1.165) is 25.1 Å². The summed E-state index contributed by atoms with van der Waals surface area (Å²) >= 11 is 1.86. The summed E-state index contributed by atoms with van der Waals surface area (Å²) < 4.78 is 0. The number of carbonyl (C=O) groups excluding carboxylic acids is 1. The van der Waals surface area contributed by atoms with Crippen LogP contribution in [0.2, 0.25) is 0 Å². The van der Waals surface area contributed by atoms with Crippen molar-refractivity contribution in [3.63, 3.8) is 0 Å².